The number of hydrogen-bond acceptors (Lipinski definition) is 5. The van der Waals surface area contributed by atoms with Crippen molar-refractivity contribution in [3.05, 3.63) is 17.7 Å². The Labute approximate surface area is 81.7 Å². The van der Waals surface area contributed by atoms with Crippen LogP contribution in [0.15, 0.2) is 17.3 Å². The minimum absolute atomic E-state index is 0.459. The van der Waals surface area contributed by atoms with E-state index in [2.05, 4.69) is 5.16 Å². The Balaban J connectivity index is 3.23. The number of methoxy groups -OCH3 is 2. The number of oxime groups is 1. The number of nitrogen functional groups attached to an aromatic ring is 1. The molecule has 0 spiro atoms. The summed E-state index contributed by atoms with van der Waals surface area (Å²) in [5, 5.41) is 11.3. The minimum atomic E-state index is 0.459. The van der Waals surface area contributed by atoms with Gasteiger partial charge < -0.3 is 20.4 Å². The van der Waals surface area contributed by atoms with Gasteiger partial charge in [0.15, 0.2) is 11.5 Å². The largest absolute Gasteiger partial charge is 0.493 e. The molecule has 5 nitrogen and oxygen atoms in total. The van der Waals surface area contributed by atoms with Gasteiger partial charge in [0, 0.05) is 17.3 Å². The molecule has 1 aromatic carbocycles. The van der Waals surface area contributed by atoms with Gasteiger partial charge in [0.25, 0.3) is 0 Å². The minimum Gasteiger partial charge on any atom is -0.493 e. The number of nitrogens with zero attached hydrogens (tertiary/aromatic N) is 1. The second-order valence-corrected chi connectivity index (χ2v) is 2.58. The summed E-state index contributed by atoms with van der Waals surface area (Å²) in [6.07, 6.45) is 1.23. The van der Waals surface area contributed by atoms with Gasteiger partial charge in [-0.15, -0.1) is 0 Å². The molecule has 0 unspecified atom stereocenters. The first-order chi connectivity index (χ1) is 6.72. The number of nitrogens with two attached hydrogens (primary N) is 1. The predicted octanol–water partition coefficient (Wildman–Crippen LogP) is 1.09. The maximum Gasteiger partial charge on any atom is 0.162 e. The van der Waals surface area contributed by atoms with Gasteiger partial charge in [0.2, 0.25) is 0 Å². The zero-order valence-electron chi connectivity index (χ0n) is 8.02. The molecule has 0 radical (unpaired) electrons. The second-order valence-electron chi connectivity index (χ2n) is 2.58. The van der Waals surface area contributed by atoms with Gasteiger partial charge in [-0.05, 0) is 6.07 Å². The van der Waals surface area contributed by atoms with E-state index in [1.54, 1.807) is 12.1 Å². The van der Waals surface area contributed by atoms with E-state index in [0.29, 0.717) is 22.7 Å². The second kappa shape index (κ2) is 4.36. The highest BCUT2D eigenvalue weighted by Crippen LogP contribution is 2.30. The smallest absolute Gasteiger partial charge is 0.162 e. The Hall–Kier alpha value is -1.91. The average Bonchev–Trinajstić information content (AvgIpc) is 2.20. The lowest BCUT2D eigenvalue weighted by atomic mass is 10.1. The summed E-state index contributed by atoms with van der Waals surface area (Å²) in [5.41, 5.74) is 6.70. The highest BCUT2D eigenvalue weighted by Gasteiger charge is 2.07. The first-order valence-corrected chi connectivity index (χ1v) is 3.91. The van der Waals surface area contributed by atoms with Crippen LogP contribution < -0.4 is 15.2 Å². The summed E-state index contributed by atoms with van der Waals surface area (Å²) in [6, 6.07) is 3.24. The van der Waals surface area contributed by atoms with E-state index in [1.807, 2.05) is 0 Å². The molecule has 1 aromatic rings. The normalized spacial score (nSPS) is 10.4. The van der Waals surface area contributed by atoms with Crippen LogP contribution in [0.3, 0.4) is 0 Å². The zero-order chi connectivity index (χ0) is 10.6. The van der Waals surface area contributed by atoms with Crippen LogP contribution in [0, 0.1) is 0 Å². The van der Waals surface area contributed by atoms with E-state index in [4.69, 9.17) is 20.4 Å². The quantitative estimate of drug-likeness (QED) is 0.328. The molecular formula is C9H12N2O3. The molecule has 0 aliphatic rings. The third-order valence-corrected chi connectivity index (χ3v) is 1.79. The van der Waals surface area contributed by atoms with Gasteiger partial charge in [-0.2, -0.15) is 0 Å². The molecule has 0 aliphatic heterocycles. The molecule has 0 aromatic heterocycles. The summed E-state index contributed by atoms with van der Waals surface area (Å²) in [4.78, 5) is 0. The lowest BCUT2D eigenvalue weighted by Crippen LogP contribution is -1.97. The molecular weight excluding hydrogens is 184 g/mol. The van der Waals surface area contributed by atoms with Crippen LogP contribution in [-0.2, 0) is 0 Å². The fourth-order valence-electron chi connectivity index (χ4n) is 1.08. The van der Waals surface area contributed by atoms with E-state index in [0.717, 1.165) is 0 Å². The molecule has 76 valence electrons. The van der Waals surface area contributed by atoms with Gasteiger partial charge >= 0.3 is 0 Å². The third kappa shape index (κ3) is 1.87. The molecule has 0 fully saturated rings. The fourth-order valence-corrected chi connectivity index (χ4v) is 1.08. The lowest BCUT2D eigenvalue weighted by Gasteiger charge is -2.09. The Morgan fingerprint density at radius 3 is 2.36 bits per heavy atom. The van der Waals surface area contributed by atoms with Crippen molar-refractivity contribution in [3.63, 3.8) is 0 Å². The van der Waals surface area contributed by atoms with E-state index < -0.39 is 0 Å². The molecule has 0 heterocycles. The van der Waals surface area contributed by atoms with Gasteiger partial charge in [-0.3, -0.25) is 0 Å². The predicted molar refractivity (Wildman–Crippen MR) is 53.3 cm³/mol. The van der Waals surface area contributed by atoms with Crippen LogP contribution >= 0.6 is 0 Å². The molecule has 0 amide bonds. The number of benzene rings is 1. The monoisotopic (exact) mass is 196 g/mol. The summed E-state index contributed by atoms with van der Waals surface area (Å²) < 4.78 is 10.1. The summed E-state index contributed by atoms with van der Waals surface area (Å²) >= 11 is 0. The van der Waals surface area contributed by atoms with Crippen molar-refractivity contribution in [2.75, 3.05) is 20.0 Å². The van der Waals surface area contributed by atoms with Crippen LogP contribution in [0.5, 0.6) is 11.5 Å². The molecule has 0 atom stereocenters. The summed E-state index contributed by atoms with van der Waals surface area (Å²) in [5.74, 6) is 1.08. The molecule has 1 rings (SSSR count). The Morgan fingerprint density at radius 1 is 1.29 bits per heavy atom. The SMILES string of the molecule is COc1cc(N)c(/C=N/O)cc1OC. The van der Waals surface area contributed by atoms with Crippen molar-refractivity contribution in [1.29, 1.82) is 0 Å². The molecule has 3 N–H and O–H groups in total. The Kier molecular flexibility index (Phi) is 3.17. The van der Waals surface area contributed by atoms with Crippen LogP contribution in [0.1, 0.15) is 5.56 Å². The maximum atomic E-state index is 8.38. The standard InChI is InChI=1S/C9H12N2O3/c1-13-8-3-6(5-11-12)7(10)4-9(8)14-2/h3-5,12H,10H2,1-2H3/b11-5+. The van der Waals surface area contributed by atoms with Crippen LogP contribution in [0.2, 0.25) is 0 Å². The van der Waals surface area contributed by atoms with E-state index in [9.17, 15) is 0 Å². The van der Waals surface area contributed by atoms with Crippen molar-refractivity contribution in [2.24, 2.45) is 5.16 Å². The first-order valence-electron chi connectivity index (χ1n) is 3.91. The number of hydrogen-bond donors (Lipinski definition) is 2. The maximum absolute atomic E-state index is 8.38. The zero-order valence-corrected chi connectivity index (χ0v) is 8.02. The van der Waals surface area contributed by atoms with Gasteiger partial charge in [-0.1, -0.05) is 5.16 Å². The molecule has 0 bridgehead atoms. The highest BCUT2D eigenvalue weighted by molar-refractivity contribution is 5.88. The van der Waals surface area contributed by atoms with E-state index in [-0.39, 0.29) is 0 Å². The summed E-state index contributed by atoms with van der Waals surface area (Å²) in [7, 11) is 3.05. The topological polar surface area (TPSA) is 77.1 Å². The van der Waals surface area contributed by atoms with Crippen LogP contribution in [0.25, 0.3) is 0 Å². The third-order valence-electron chi connectivity index (χ3n) is 1.79. The van der Waals surface area contributed by atoms with Crippen molar-refractivity contribution in [1.82, 2.24) is 0 Å². The molecule has 0 saturated carbocycles. The number of anilines is 1. The lowest BCUT2D eigenvalue weighted by molar-refractivity contribution is 0.321. The van der Waals surface area contributed by atoms with Crippen LogP contribution in [-0.4, -0.2) is 25.6 Å². The van der Waals surface area contributed by atoms with Crippen molar-refractivity contribution >= 4 is 11.9 Å². The van der Waals surface area contributed by atoms with Gasteiger partial charge in [0.05, 0.1) is 20.4 Å². The highest BCUT2D eigenvalue weighted by atomic mass is 16.5. The Bertz CT molecular complexity index is 350. The van der Waals surface area contributed by atoms with E-state index >= 15 is 0 Å². The van der Waals surface area contributed by atoms with Gasteiger partial charge in [0.1, 0.15) is 0 Å². The summed E-state index contributed by atoms with van der Waals surface area (Å²) in [6.45, 7) is 0. The van der Waals surface area contributed by atoms with Crippen LogP contribution in [0.4, 0.5) is 5.69 Å². The number of rotatable bonds is 3. The molecule has 0 aliphatic carbocycles. The van der Waals surface area contributed by atoms with Crippen molar-refractivity contribution in [2.45, 2.75) is 0 Å². The van der Waals surface area contributed by atoms with Gasteiger partial charge in [-0.25, -0.2) is 0 Å². The average molecular weight is 196 g/mol. The first kappa shape index (κ1) is 10.2. The van der Waals surface area contributed by atoms with Crippen molar-refractivity contribution in [3.8, 4) is 11.5 Å². The number of ether oxygens (including phenoxy) is 2. The van der Waals surface area contributed by atoms with E-state index in [1.165, 1.54) is 20.4 Å². The molecule has 5 heteroatoms. The molecule has 0 saturated heterocycles. The fraction of sp³-hybridized carbons (Fsp3) is 0.222. The van der Waals surface area contributed by atoms with Crippen molar-refractivity contribution < 1.29 is 14.7 Å². The molecule has 14 heavy (non-hydrogen) atoms. The Morgan fingerprint density at radius 2 is 1.86 bits per heavy atom.